The lowest BCUT2D eigenvalue weighted by Gasteiger charge is -2.16. The number of unbranched alkanes of at least 4 members (excludes halogenated alkanes) is 1. The summed E-state index contributed by atoms with van der Waals surface area (Å²) in [6.45, 7) is 1.77. The van der Waals surface area contributed by atoms with Crippen molar-refractivity contribution in [2.24, 2.45) is 0 Å². The third-order valence-corrected chi connectivity index (χ3v) is 6.05. The summed E-state index contributed by atoms with van der Waals surface area (Å²) in [5.74, 6) is 0.613. The van der Waals surface area contributed by atoms with Gasteiger partial charge in [-0.3, -0.25) is 4.79 Å². The van der Waals surface area contributed by atoms with Crippen LogP contribution in [0.15, 0.2) is 18.2 Å². The van der Waals surface area contributed by atoms with Gasteiger partial charge in [0.25, 0.3) is 0 Å². The van der Waals surface area contributed by atoms with E-state index < -0.39 is 0 Å². The number of thioether (sulfide) groups is 1. The van der Waals surface area contributed by atoms with Gasteiger partial charge in [-0.05, 0) is 43.5 Å². The van der Waals surface area contributed by atoms with Gasteiger partial charge < -0.3 is 16.0 Å². The van der Waals surface area contributed by atoms with Crippen molar-refractivity contribution >= 4 is 29.4 Å². The van der Waals surface area contributed by atoms with E-state index in [2.05, 4.69) is 16.0 Å². The highest BCUT2D eigenvalue weighted by atomic mass is 32.2. The van der Waals surface area contributed by atoms with E-state index in [0.717, 1.165) is 30.6 Å². The number of halogens is 1. The summed E-state index contributed by atoms with van der Waals surface area (Å²) in [4.78, 5) is 23.3. The van der Waals surface area contributed by atoms with E-state index >= 15 is 0 Å². The molecule has 5 nitrogen and oxygen atoms in total. The number of fused-ring (bicyclic) bond motifs is 1. The second-order valence-corrected chi connectivity index (χ2v) is 7.65. The van der Waals surface area contributed by atoms with Crippen molar-refractivity contribution in [2.45, 2.75) is 49.9 Å². The summed E-state index contributed by atoms with van der Waals surface area (Å²) in [6, 6.07) is 4.75. The van der Waals surface area contributed by atoms with E-state index in [1.54, 1.807) is 13.0 Å². The predicted molar refractivity (Wildman–Crippen MR) is 93.7 cm³/mol. The van der Waals surface area contributed by atoms with Crippen molar-refractivity contribution in [1.29, 1.82) is 0 Å². The highest BCUT2D eigenvalue weighted by Crippen LogP contribution is 2.33. The molecule has 3 rings (SSSR count). The average molecular weight is 351 g/mol. The van der Waals surface area contributed by atoms with Gasteiger partial charge in [0.15, 0.2) is 0 Å². The van der Waals surface area contributed by atoms with Crippen LogP contribution in [0.2, 0.25) is 0 Å². The molecule has 3 atom stereocenters. The second-order valence-electron chi connectivity index (χ2n) is 6.38. The van der Waals surface area contributed by atoms with E-state index in [-0.39, 0.29) is 29.8 Å². The molecule has 0 aromatic heterocycles. The van der Waals surface area contributed by atoms with Gasteiger partial charge in [0, 0.05) is 23.1 Å². The van der Waals surface area contributed by atoms with E-state index in [1.807, 2.05) is 11.8 Å². The third-order valence-electron chi connectivity index (χ3n) is 4.54. The minimum absolute atomic E-state index is 0.0440. The fraction of sp³-hybridized carbons (Fsp3) is 0.529. The zero-order valence-corrected chi connectivity index (χ0v) is 14.4. The molecule has 2 heterocycles. The van der Waals surface area contributed by atoms with Crippen LogP contribution in [-0.2, 0) is 4.79 Å². The molecular weight excluding hydrogens is 329 g/mol. The molecule has 2 aliphatic heterocycles. The van der Waals surface area contributed by atoms with Crippen LogP contribution in [0.1, 0.15) is 31.2 Å². The monoisotopic (exact) mass is 351 g/mol. The summed E-state index contributed by atoms with van der Waals surface area (Å²) in [6.07, 6.45) is 3.21. The van der Waals surface area contributed by atoms with Gasteiger partial charge >= 0.3 is 6.03 Å². The lowest BCUT2D eigenvalue weighted by Crippen LogP contribution is -2.36. The maximum absolute atomic E-state index is 13.1. The van der Waals surface area contributed by atoms with Crippen molar-refractivity contribution in [2.75, 3.05) is 11.1 Å². The maximum atomic E-state index is 13.1. The predicted octanol–water partition coefficient (Wildman–Crippen LogP) is 2.80. The average Bonchev–Trinajstić information content (AvgIpc) is 3.06. The van der Waals surface area contributed by atoms with Crippen LogP contribution >= 0.6 is 11.8 Å². The zero-order chi connectivity index (χ0) is 17.1. The number of anilines is 1. The third kappa shape index (κ3) is 4.01. The zero-order valence-electron chi connectivity index (χ0n) is 13.6. The van der Waals surface area contributed by atoms with E-state index in [4.69, 9.17) is 0 Å². The Balaban J connectivity index is 1.37. The smallest absolute Gasteiger partial charge is 0.315 e. The van der Waals surface area contributed by atoms with Crippen LogP contribution in [0.25, 0.3) is 0 Å². The number of aryl methyl sites for hydroxylation is 1. The Labute approximate surface area is 145 Å². The maximum Gasteiger partial charge on any atom is 0.315 e. The summed E-state index contributed by atoms with van der Waals surface area (Å²) < 4.78 is 13.1. The van der Waals surface area contributed by atoms with Gasteiger partial charge in [-0.1, -0.05) is 6.42 Å². The van der Waals surface area contributed by atoms with Crippen LogP contribution in [0, 0.1) is 12.7 Å². The Hall–Kier alpha value is -1.76. The molecule has 3 amide bonds. The molecule has 0 aliphatic carbocycles. The topological polar surface area (TPSA) is 70.2 Å². The highest BCUT2D eigenvalue weighted by molar-refractivity contribution is 8.00. The van der Waals surface area contributed by atoms with Crippen molar-refractivity contribution in [3.8, 4) is 0 Å². The summed E-state index contributed by atoms with van der Waals surface area (Å²) in [5, 5.41) is 9.17. The van der Waals surface area contributed by atoms with Gasteiger partial charge in [0.2, 0.25) is 5.91 Å². The Morgan fingerprint density at radius 1 is 1.38 bits per heavy atom. The van der Waals surface area contributed by atoms with Crippen molar-refractivity contribution in [3.05, 3.63) is 29.6 Å². The molecule has 0 bridgehead atoms. The fourth-order valence-corrected chi connectivity index (χ4v) is 4.80. The lowest BCUT2D eigenvalue weighted by molar-refractivity contribution is -0.116. The number of carbonyl (C=O) groups is 2. The molecule has 2 fully saturated rings. The molecule has 2 saturated heterocycles. The van der Waals surface area contributed by atoms with Gasteiger partial charge in [0.1, 0.15) is 5.82 Å². The molecule has 0 unspecified atom stereocenters. The Bertz CT molecular complexity index is 640. The van der Waals surface area contributed by atoms with Crippen molar-refractivity contribution in [3.63, 3.8) is 0 Å². The minimum atomic E-state index is -0.300. The largest absolute Gasteiger partial charge is 0.332 e. The van der Waals surface area contributed by atoms with Crippen LogP contribution < -0.4 is 16.0 Å². The molecule has 0 radical (unpaired) electrons. The number of nitrogens with one attached hydrogen (secondary N) is 3. The Morgan fingerprint density at radius 3 is 3.00 bits per heavy atom. The molecule has 24 heavy (non-hydrogen) atoms. The molecular formula is C17H22FN3O2S. The second kappa shape index (κ2) is 7.42. The van der Waals surface area contributed by atoms with Crippen LogP contribution in [0.3, 0.4) is 0 Å². The molecule has 1 aromatic carbocycles. The minimum Gasteiger partial charge on any atom is -0.332 e. The van der Waals surface area contributed by atoms with Crippen molar-refractivity contribution < 1.29 is 14.0 Å². The van der Waals surface area contributed by atoms with Crippen LogP contribution in [0.4, 0.5) is 14.9 Å². The molecule has 130 valence electrons. The molecule has 2 aliphatic rings. The Morgan fingerprint density at radius 2 is 2.21 bits per heavy atom. The number of hydrogen-bond donors (Lipinski definition) is 3. The first-order valence-corrected chi connectivity index (χ1v) is 9.32. The van der Waals surface area contributed by atoms with Gasteiger partial charge in [-0.15, -0.1) is 0 Å². The van der Waals surface area contributed by atoms with Crippen LogP contribution in [-0.4, -0.2) is 35.0 Å². The van der Waals surface area contributed by atoms with Gasteiger partial charge in [0.05, 0.1) is 12.1 Å². The summed E-state index contributed by atoms with van der Waals surface area (Å²) in [7, 11) is 0. The van der Waals surface area contributed by atoms with Gasteiger partial charge in [-0.25, -0.2) is 9.18 Å². The molecule has 0 spiro atoms. The van der Waals surface area contributed by atoms with Crippen LogP contribution in [0.5, 0.6) is 0 Å². The first-order chi connectivity index (χ1) is 11.5. The number of urea groups is 1. The standard InChI is InChI=1S/C17H22FN3O2S/c1-10-8-11(18)6-7-12(10)19-15(22)5-3-2-4-14-16-13(9-24-14)20-17(23)21-16/h6-8,13-14,16H,2-5,9H2,1H3,(H,19,22)(H2,20,21,23)/t13-,14-,16-/m0/s1. The fourth-order valence-electron chi connectivity index (χ4n) is 3.25. The molecule has 0 saturated carbocycles. The normalized spacial score (nSPS) is 25.1. The highest BCUT2D eigenvalue weighted by Gasteiger charge is 2.42. The number of rotatable bonds is 6. The van der Waals surface area contributed by atoms with E-state index in [9.17, 15) is 14.0 Å². The van der Waals surface area contributed by atoms with E-state index in [1.165, 1.54) is 12.1 Å². The number of carbonyl (C=O) groups excluding carboxylic acids is 2. The first-order valence-electron chi connectivity index (χ1n) is 8.27. The number of amides is 3. The van der Waals surface area contributed by atoms with Crippen molar-refractivity contribution in [1.82, 2.24) is 10.6 Å². The molecule has 1 aromatic rings. The molecule has 3 N–H and O–H groups in total. The number of hydrogen-bond acceptors (Lipinski definition) is 3. The van der Waals surface area contributed by atoms with Gasteiger partial charge in [-0.2, -0.15) is 11.8 Å². The SMILES string of the molecule is Cc1cc(F)ccc1NC(=O)CCCC[C@@H]1SC[C@@H]2NC(=O)N[C@@H]21. The Kier molecular flexibility index (Phi) is 5.28. The summed E-state index contributed by atoms with van der Waals surface area (Å²) >= 11 is 1.89. The molecule has 7 heteroatoms. The van der Waals surface area contributed by atoms with E-state index in [0.29, 0.717) is 17.4 Å². The summed E-state index contributed by atoms with van der Waals surface area (Å²) in [5.41, 5.74) is 1.39. The quantitative estimate of drug-likeness (QED) is 0.545. The lowest BCUT2D eigenvalue weighted by atomic mass is 10.0. The number of benzene rings is 1. The first kappa shape index (κ1) is 17.1.